The molecule has 0 spiro atoms. The minimum atomic E-state index is 1.33. The lowest BCUT2D eigenvalue weighted by molar-refractivity contribution is 0.567. The second-order valence-electron chi connectivity index (χ2n) is 7.65. The van der Waals surface area contributed by atoms with Gasteiger partial charge in [-0.05, 0) is 62.5 Å². The summed E-state index contributed by atoms with van der Waals surface area (Å²) >= 11 is 0. The summed E-state index contributed by atoms with van der Waals surface area (Å²) in [6.07, 6.45) is 22.7. The van der Waals surface area contributed by atoms with E-state index in [2.05, 4.69) is 11.6 Å². The summed E-state index contributed by atoms with van der Waals surface area (Å²) in [4.78, 5) is 0. The first-order chi connectivity index (χ1) is 10.9. The molecule has 0 bridgehead atoms. The smallest absolute Gasteiger partial charge is 0.0209 e. The van der Waals surface area contributed by atoms with Crippen LogP contribution >= 0.6 is 0 Å². The van der Waals surface area contributed by atoms with Gasteiger partial charge in [-0.15, -0.1) is 0 Å². The van der Waals surface area contributed by atoms with E-state index in [-0.39, 0.29) is 0 Å². The molecule has 1 nitrogen and oxygen atoms in total. The molecule has 2 aliphatic rings. The summed E-state index contributed by atoms with van der Waals surface area (Å²) in [6, 6.07) is 0. The van der Waals surface area contributed by atoms with Crippen LogP contribution in [0.3, 0.4) is 0 Å². The van der Waals surface area contributed by atoms with Crippen molar-refractivity contribution in [2.75, 3.05) is 0 Å². The van der Waals surface area contributed by atoms with Crippen LogP contribution in [0.2, 0.25) is 0 Å². The Labute approximate surface area is 137 Å². The zero-order valence-electron chi connectivity index (χ0n) is 14.8. The maximum absolute atomic E-state index is 2.63. The summed E-state index contributed by atoms with van der Waals surface area (Å²) in [6.45, 7) is 0. The Balaban J connectivity index is 1.91. The van der Waals surface area contributed by atoms with Gasteiger partial charge in [-0.3, -0.25) is 0 Å². The molecule has 0 aliphatic heterocycles. The second kappa shape index (κ2) is 8.22. The lowest BCUT2D eigenvalue weighted by Gasteiger charge is -2.12. The highest BCUT2D eigenvalue weighted by atomic mass is 15.0. The quantitative estimate of drug-likeness (QED) is 0.562. The number of hydrogen-bond acceptors (Lipinski definition) is 0. The first-order valence-electron chi connectivity index (χ1n) is 10.1. The third-order valence-electron chi connectivity index (χ3n) is 6.05. The zero-order chi connectivity index (χ0) is 15.2. The Bertz CT molecular complexity index is 427. The Morgan fingerprint density at radius 1 is 0.455 bits per heavy atom. The van der Waals surface area contributed by atoms with Gasteiger partial charge in [-0.25, -0.2) is 0 Å². The van der Waals surface area contributed by atoms with Gasteiger partial charge < -0.3 is 4.57 Å². The van der Waals surface area contributed by atoms with Crippen LogP contribution in [0, 0.1) is 0 Å². The Morgan fingerprint density at radius 2 is 0.773 bits per heavy atom. The van der Waals surface area contributed by atoms with E-state index in [4.69, 9.17) is 0 Å². The molecule has 0 fully saturated rings. The minimum Gasteiger partial charge on any atom is -0.351 e. The number of rotatable bonds is 0. The van der Waals surface area contributed by atoms with Crippen molar-refractivity contribution in [3.8, 4) is 0 Å². The molecule has 0 N–H and O–H groups in total. The molecule has 0 saturated heterocycles. The first kappa shape index (κ1) is 16.1. The first-order valence-corrected chi connectivity index (χ1v) is 10.1. The molecule has 3 rings (SSSR count). The standard InChI is InChI=1S/C21H35N/c1-22-20-16-12-8-4-2-6-10-14-18(20)19-15-11-7-3-5-9-13-17-21(19)22/h2-17H2,1H3. The molecule has 0 radical (unpaired) electrons. The molecule has 1 heterocycles. The van der Waals surface area contributed by atoms with Crippen LogP contribution in [0.5, 0.6) is 0 Å². The van der Waals surface area contributed by atoms with Gasteiger partial charge in [0.1, 0.15) is 0 Å². The number of aromatic nitrogens is 1. The van der Waals surface area contributed by atoms with E-state index in [9.17, 15) is 0 Å². The summed E-state index contributed by atoms with van der Waals surface area (Å²) < 4.78 is 2.63. The molecule has 0 unspecified atom stereocenters. The van der Waals surface area contributed by atoms with Gasteiger partial charge in [0.15, 0.2) is 0 Å². The number of hydrogen-bond donors (Lipinski definition) is 0. The molecule has 1 heteroatoms. The van der Waals surface area contributed by atoms with Crippen LogP contribution in [0.1, 0.15) is 99.6 Å². The number of fused-ring (bicyclic) bond motifs is 3. The van der Waals surface area contributed by atoms with Gasteiger partial charge in [0.25, 0.3) is 0 Å². The van der Waals surface area contributed by atoms with Crippen LogP contribution in [0.4, 0.5) is 0 Å². The molecule has 124 valence electrons. The van der Waals surface area contributed by atoms with Crippen LogP contribution in [-0.4, -0.2) is 4.57 Å². The van der Waals surface area contributed by atoms with Crippen molar-refractivity contribution in [3.63, 3.8) is 0 Å². The summed E-state index contributed by atoms with van der Waals surface area (Å²) in [5.41, 5.74) is 7.01. The summed E-state index contributed by atoms with van der Waals surface area (Å²) in [5.74, 6) is 0. The van der Waals surface area contributed by atoms with E-state index in [0.717, 1.165) is 0 Å². The molecule has 0 saturated carbocycles. The second-order valence-corrected chi connectivity index (χ2v) is 7.65. The predicted octanol–water partition coefficient (Wildman–Crippen LogP) is 5.90. The molecule has 0 aromatic carbocycles. The van der Waals surface area contributed by atoms with E-state index in [1.807, 2.05) is 0 Å². The van der Waals surface area contributed by atoms with Crippen LogP contribution < -0.4 is 0 Å². The molecular formula is C21H35N. The normalized spacial score (nSPS) is 21.7. The topological polar surface area (TPSA) is 4.93 Å². The van der Waals surface area contributed by atoms with Crippen molar-refractivity contribution in [3.05, 3.63) is 22.5 Å². The van der Waals surface area contributed by atoms with Gasteiger partial charge in [-0.1, -0.05) is 51.4 Å². The molecule has 0 amide bonds. The van der Waals surface area contributed by atoms with E-state index >= 15 is 0 Å². The highest BCUT2D eigenvalue weighted by molar-refractivity contribution is 5.39. The van der Waals surface area contributed by atoms with Crippen LogP contribution in [0.15, 0.2) is 0 Å². The fraction of sp³-hybridized carbons (Fsp3) is 0.810. The van der Waals surface area contributed by atoms with Crippen molar-refractivity contribution >= 4 is 0 Å². The fourth-order valence-corrected chi connectivity index (χ4v) is 4.75. The van der Waals surface area contributed by atoms with E-state index < -0.39 is 0 Å². The van der Waals surface area contributed by atoms with Crippen LogP contribution in [0.25, 0.3) is 0 Å². The summed E-state index contributed by atoms with van der Waals surface area (Å²) in [7, 11) is 2.37. The highest BCUT2D eigenvalue weighted by Gasteiger charge is 2.20. The van der Waals surface area contributed by atoms with Gasteiger partial charge in [0, 0.05) is 18.4 Å². The largest absolute Gasteiger partial charge is 0.351 e. The maximum Gasteiger partial charge on any atom is 0.0209 e. The van der Waals surface area contributed by atoms with Gasteiger partial charge in [0.05, 0.1) is 0 Å². The molecule has 0 atom stereocenters. The molecule has 1 aromatic heterocycles. The van der Waals surface area contributed by atoms with Gasteiger partial charge >= 0.3 is 0 Å². The molecular weight excluding hydrogens is 266 g/mol. The monoisotopic (exact) mass is 301 g/mol. The Kier molecular flexibility index (Phi) is 6.04. The highest BCUT2D eigenvalue weighted by Crippen LogP contribution is 2.31. The van der Waals surface area contributed by atoms with Gasteiger partial charge in [-0.2, -0.15) is 0 Å². The summed E-state index contributed by atoms with van der Waals surface area (Å²) in [5, 5.41) is 0. The average molecular weight is 302 g/mol. The van der Waals surface area contributed by atoms with Crippen molar-refractivity contribution in [2.24, 2.45) is 7.05 Å². The number of nitrogens with zero attached hydrogens (tertiary/aromatic N) is 1. The average Bonchev–Trinajstić information content (AvgIpc) is 2.80. The lowest BCUT2D eigenvalue weighted by Crippen LogP contribution is -2.04. The zero-order valence-corrected chi connectivity index (χ0v) is 14.8. The van der Waals surface area contributed by atoms with Crippen molar-refractivity contribution < 1.29 is 0 Å². The molecule has 2 aliphatic carbocycles. The Morgan fingerprint density at radius 3 is 1.18 bits per heavy atom. The van der Waals surface area contributed by atoms with E-state index in [0.29, 0.717) is 0 Å². The third kappa shape index (κ3) is 3.78. The van der Waals surface area contributed by atoms with E-state index in [1.165, 1.54) is 103 Å². The SMILES string of the molecule is Cn1c2c(c3c1CCCCCCCC3)CCCCCCCC2. The lowest BCUT2D eigenvalue weighted by atomic mass is 9.92. The van der Waals surface area contributed by atoms with Gasteiger partial charge in [0.2, 0.25) is 0 Å². The van der Waals surface area contributed by atoms with E-state index in [1.54, 1.807) is 22.5 Å². The predicted molar refractivity (Wildman–Crippen MR) is 95.6 cm³/mol. The van der Waals surface area contributed by atoms with Crippen molar-refractivity contribution in [1.82, 2.24) is 4.57 Å². The minimum absolute atomic E-state index is 1.33. The molecule has 1 aromatic rings. The maximum atomic E-state index is 2.63. The van der Waals surface area contributed by atoms with Crippen LogP contribution in [-0.2, 0) is 32.7 Å². The van der Waals surface area contributed by atoms with Crippen molar-refractivity contribution in [2.45, 2.75) is 103 Å². The van der Waals surface area contributed by atoms with Crippen molar-refractivity contribution in [1.29, 1.82) is 0 Å². The fourth-order valence-electron chi connectivity index (χ4n) is 4.75. The third-order valence-corrected chi connectivity index (χ3v) is 6.05. The Hall–Kier alpha value is -0.720. The molecule has 22 heavy (non-hydrogen) atoms.